The van der Waals surface area contributed by atoms with Gasteiger partial charge in [-0.05, 0) is 56.6 Å². The number of benzene rings is 2. The summed E-state index contributed by atoms with van der Waals surface area (Å²) < 4.78 is 30.5. The van der Waals surface area contributed by atoms with Crippen LogP contribution in [0.15, 0.2) is 55.1 Å². The first-order valence-electron chi connectivity index (χ1n) is 13.2. The molecule has 1 fully saturated rings. The van der Waals surface area contributed by atoms with Gasteiger partial charge in [0, 0.05) is 30.4 Å². The smallest absolute Gasteiger partial charge is 0.262 e. The Morgan fingerprint density at radius 1 is 1.22 bits per heavy atom. The van der Waals surface area contributed by atoms with Gasteiger partial charge in [-0.25, -0.2) is 9.37 Å². The molecule has 1 saturated heterocycles. The zero-order chi connectivity index (χ0) is 28.7. The summed E-state index contributed by atoms with van der Waals surface area (Å²) in [6.07, 6.45) is 6.22. The van der Waals surface area contributed by atoms with E-state index in [0.717, 1.165) is 48.1 Å². The maximum atomic E-state index is 14.7. The van der Waals surface area contributed by atoms with Gasteiger partial charge in [-0.3, -0.25) is 14.0 Å². The van der Waals surface area contributed by atoms with Crippen molar-refractivity contribution in [1.82, 2.24) is 24.6 Å². The summed E-state index contributed by atoms with van der Waals surface area (Å²) in [6.45, 7) is 3.39. The van der Waals surface area contributed by atoms with E-state index in [1.807, 2.05) is 36.0 Å². The number of fused-ring (bicyclic) bond motifs is 1. The van der Waals surface area contributed by atoms with Crippen LogP contribution in [0.25, 0.3) is 27.2 Å². The lowest BCUT2D eigenvalue weighted by molar-refractivity contribution is 0.0998. The third kappa shape index (κ3) is 5.40. The van der Waals surface area contributed by atoms with Crippen LogP contribution in [0.3, 0.4) is 0 Å². The fraction of sp³-hybridized carbons (Fsp3) is 0.276. The number of thiophene rings is 1. The fourth-order valence-corrected chi connectivity index (χ4v) is 6.26. The van der Waals surface area contributed by atoms with Crippen molar-refractivity contribution < 1.29 is 18.7 Å². The summed E-state index contributed by atoms with van der Waals surface area (Å²) in [5.41, 5.74) is 9.90. The predicted molar refractivity (Wildman–Crippen MR) is 157 cm³/mol. The van der Waals surface area contributed by atoms with E-state index in [4.69, 9.17) is 26.8 Å². The lowest BCUT2D eigenvalue weighted by Crippen LogP contribution is -2.34. The Hall–Kier alpha value is -3.93. The van der Waals surface area contributed by atoms with Crippen molar-refractivity contribution >= 4 is 39.9 Å². The second-order valence-corrected chi connectivity index (χ2v) is 11.4. The van der Waals surface area contributed by atoms with Crippen molar-refractivity contribution in [3.05, 3.63) is 76.4 Å². The molecule has 3 aromatic heterocycles. The first-order chi connectivity index (χ1) is 19.8. The molecule has 9 nitrogen and oxygen atoms in total. The highest BCUT2D eigenvalue weighted by Gasteiger charge is 2.25. The molecule has 212 valence electrons. The van der Waals surface area contributed by atoms with E-state index >= 15 is 0 Å². The summed E-state index contributed by atoms with van der Waals surface area (Å²) in [4.78, 5) is 17.2. The highest BCUT2D eigenvalue weighted by Crippen LogP contribution is 2.40. The van der Waals surface area contributed by atoms with Crippen molar-refractivity contribution in [2.24, 2.45) is 12.8 Å². The Bertz CT molecular complexity index is 1740. The molecule has 41 heavy (non-hydrogen) atoms. The molecule has 2 aromatic carbocycles. The van der Waals surface area contributed by atoms with Crippen LogP contribution in [0.4, 0.5) is 4.39 Å². The average molecular weight is 595 g/mol. The maximum Gasteiger partial charge on any atom is 0.262 e. The molecule has 12 heteroatoms. The van der Waals surface area contributed by atoms with Crippen LogP contribution < -0.4 is 20.5 Å². The first kappa shape index (κ1) is 27.3. The van der Waals surface area contributed by atoms with Crippen LogP contribution in [0.2, 0.25) is 5.02 Å². The number of nitrogens with zero attached hydrogens (tertiary/aromatic N) is 4. The Morgan fingerprint density at radius 2 is 2.02 bits per heavy atom. The van der Waals surface area contributed by atoms with E-state index in [1.54, 1.807) is 36.3 Å². The van der Waals surface area contributed by atoms with Gasteiger partial charge in [-0.1, -0.05) is 23.7 Å². The summed E-state index contributed by atoms with van der Waals surface area (Å²) in [5, 5.41) is 8.36. The van der Waals surface area contributed by atoms with Gasteiger partial charge in [0.1, 0.15) is 34.2 Å². The topological polar surface area (TPSA) is 109 Å². The minimum Gasteiger partial charge on any atom is -0.486 e. The number of nitrogens with one attached hydrogen (secondary N) is 1. The first-order valence-corrected chi connectivity index (χ1v) is 14.4. The maximum absolute atomic E-state index is 14.7. The standard InChI is InChI=1S/C29H28ClFN6O3S/c1-16(20-4-5-21(31)27(26(20)30)40-19-7-9-33-10-8-19)39-24-12-25(41-28(24)29(32)38)37-15-34-22-11-17(3-6-23(22)37)18-13-35-36(2)14-18/h3-6,11-16,19,33H,7-10H2,1-2H3,(H2,32,38). The summed E-state index contributed by atoms with van der Waals surface area (Å²) in [7, 11) is 1.87. The van der Waals surface area contributed by atoms with Gasteiger partial charge in [0.25, 0.3) is 5.91 Å². The second-order valence-electron chi connectivity index (χ2n) is 9.97. The third-order valence-corrected chi connectivity index (χ3v) is 8.64. The molecule has 0 aliphatic carbocycles. The Kier molecular flexibility index (Phi) is 7.41. The fourth-order valence-electron chi connectivity index (χ4n) is 4.98. The molecule has 0 bridgehead atoms. The monoisotopic (exact) mass is 594 g/mol. The van der Waals surface area contributed by atoms with E-state index in [9.17, 15) is 9.18 Å². The van der Waals surface area contributed by atoms with Gasteiger partial charge in [-0.15, -0.1) is 11.3 Å². The van der Waals surface area contributed by atoms with Crippen LogP contribution in [0.1, 0.15) is 41.1 Å². The summed E-state index contributed by atoms with van der Waals surface area (Å²) in [6, 6.07) is 10.6. The summed E-state index contributed by atoms with van der Waals surface area (Å²) in [5.74, 6) is -0.825. The lowest BCUT2D eigenvalue weighted by Gasteiger charge is -2.25. The van der Waals surface area contributed by atoms with Crippen molar-refractivity contribution in [1.29, 1.82) is 0 Å². The van der Waals surface area contributed by atoms with Crippen LogP contribution >= 0.6 is 22.9 Å². The number of amides is 1. The van der Waals surface area contributed by atoms with Crippen molar-refractivity contribution in [3.63, 3.8) is 0 Å². The summed E-state index contributed by atoms with van der Waals surface area (Å²) >= 11 is 7.84. The predicted octanol–water partition coefficient (Wildman–Crippen LogP) is 5.65. The Morgan fingerprint density at radius 3 is 2.76 bits per heavy atom. The largest absolute Gasteiger partial charge is 0.486 e. The number of primary amides is 1. The molecule has 3 N–H and O–H groups in total. The zero-order valence-electron chi connectivity index (χ0n) is 22.4. The SMILES string of the molecule is CC(Oc1cc(-n2cnc3cc(-c4cnn(C)c4)ccc32)sc1C(N)=O)c1ccc(F)c(OC2CCNCC2)c1Cl. The molecule has 1 atom stereocenters. The number of ether oxygens (including phenoxy) is 2. The molecule has 1 aliphatic heterocycles. The Labute approximate surface area is 244 Å². The van der Waals surface area contributed by atoms with Crippen molar-refractivity contribution in [3.8, 4) is 27.6 Å². The minimum absolute atomic E-state index is 0.0168. The van der Waals surface area contributed by atoms with Gasteiger partial charge >= 0.3 is 0 Å². The van der Waals surface area contributed by atoms with Crippen LogP contribution in [0.5, 0.6) is 11.5 Å². The molecule has 1 aliphatic rings. The number of imidazole rings is 1. The third-order valence-electron chi connectivity index (χ3n) is 7.12. The normalized spacial score (nSPS) is 14.8. The number of halogens is 2. The molecule has 5 aromatic rings. The number of rotatable bonds is 8. The molecular formula is C29H28ClFN6O3S. The molecule has 4 heterocycles. The van der Waals surface area contributed by atoms with Crippen LogP contribution in [0, 0.1) is 5.82 Å². The second kappa shape index (κ2) is 11.2. The quantitative estimate of drug-likeness (QED) is 0.240. The van der Waals surface area contributed by atoms with Gasteiger partial charge in [-0.2, -0.15) is 5.10 Å². The number of carbonyl (C=O) groups is 1. The average Bonchev–Trinajstić information content (AvgIpc) is 3.69. The van der Waals surface area contributed by atoms with Gasteiger partial charge in [0.2, 0.25) is 0 Å². The highest BCUT2D eigenvalue weighted by atomic mass is 35.5. The van der Waals surface area contributed by atoms with E-state index in [-0.39, 0.29) is 21.8 Å². The lowest BCUT2D eigenvalue weighted by atomic mass is 10.1. The van der Waals surface area contributed by atoms with E-state index < -0.39 is 17.8 Å². The van der Waals surface area contributed by atoms with Gasteiger partial charge < -0.3 is 20.5 Å². The number of carbonyl (C=O) groups excluding carboxylic acids is 1. The molecule has 0 radical (unpaired) electrons. The van der Waals surface area contributed by atoms with Gasteiger partial charge in [0.05, 0.1) is 22.3 Å². The van der Waals surface area contributed by atoms with Crippen molar-refractivity contribution in [2.45, 2.75) is 32.0 Å². The van der Waals surface area contributed by atoms with E-state index in [0.29, 0.717) is 16.3 Å². The van der Waals surface area contributed by atoms with Crippen LogP contribution in [-0.4, -0.2) is 44.4 Å². The number of hydrogen-bond donors (Lipinski definition) is 2. The molecule has 0 saturated carbocycles. The molecular weight excluding hydrogens is 567 g/mol. The molecule has 6 rings (SSSR count). The van der Waals surface area contributed by atoms with E-state index in [2.05, 4.69) is 15.4 Å². The number of hydrogen-bond acceptors (Lipinski definition) is 7. The van der Waals surface area contributed by atoms with Crippen LogP contribution in [-0.2, 0) is 7.05 Å². The molecule has 1 amide bonds. The number of aryl methyl sites for hydroxylation is 1. The number of aromatic nitrogens is 4. The number of piperidine rings is 1. The number of nitrogens with two attached hydrogens (primary N) is 1. The molecule has 1 unspecified atom stereocenters. The zero-order valence-corrected chi connectivity index (χ0v) is 24.0. The van der Waals surface area contributed by atoms with Crippen molar-refractivity contribution in [2.75, 3.05) is 13.1 Å². The Balaban J connectivity index is 1.28. The van der Waals surface area contributed by atoms with Gasteiger partial charge in [0.15, 0.2) is 11.6 Å². The minimum atomic E-state index is -0.624. The highest BCUT2D eigenvalue weighted by molar-refractivity contribution is 7.16. The molecule has 0 spiro atoms. The van der Waals surface area contributed by atoms with E-state index in [1.165, 1.54) is 17.4 Å².